The minimum atomic E-state index is -0.555. The molecule has 7 nitrogen and oxygen atoms in total. The average molecular weight is 422 g/mol. The minimum absolute atomic E-state index is 0.131. The summed E-state index contributed by atoms with van der Waals surface area (Å²) in [6.45, 7) is 6.60. The van der Waals surface area contributed by atoms with E-state index in [1.165, 1.54) is 0 Å². The third-order valence-electron chi connectivity index (χ3n) is 6.46. The molecule has 0 bridgehead atoms. The summed E-state index contributed by atoms with van der Waals surface area (Å²) >= 11 is 0. The topological polar surface area (TPSA) is 90.6 Å². The lowest BCUT2D eigenvalue weighted by Gasteiger charge is -2.18. The molecule has 7 heteroatoms. The van der Waals surface area contributed by atoms with Crippen molar-refractivity contribution in [1.29, 1.82) is 0 Å². The van der Waals surface area contributed by atoms with Gasteiger partial charge < -0.3 is 9.88 Å². The van der Waals surface area contributed by atoms with Gasteiger partial charge in [-0.15, -0.1) is 0 Å². The number of aromatic nitrogens is 5. The maximum Gasteiger partial charge on any atom is 0.237 e. The molecule has 158 valence electrons. The van der Waals surface area contributed by atoms with Crippen molar-refractivity contribution in [1.82, 2.24) is 25.1 Å². The number of carbonyl (C=O) groups excluding carboxylic acids is 1. The maximum absolute atomic E-state index is 12.8. The number of aromatic amines is 2. The Kier molecular flexibility index (Phi) is 3.81. The van der Waals surface area contributed by atoms with Gasteiger partial charge in [0.15, 0.2) is 5.82 Å². The number of fused-ring (bicyclic) bond motifs is 3. The van der Waals surface area contributed by atoms with Gasteiger partial charge >= 0.3 is 0 Å². The molecule has 1 aliphatic rings. The first-order chi connectivity index (χ1) is 15.5. The fourth-order valence-electron chi connectivity index (χ4n) is 4.68. The van der Waals surface area contributed by atoms with Gasteiger partial charge in [0.2, 0.25) is 5.91 Å². The molecule has 2 aromatic carbocycles. The number of hydrogen-bond donors (Lipinski definition) is 2. The third-order valence-corrected chi connectivity index (χ3v) is 6.46. The summed E-state index contributed by atoms with van der Waals surface area (Å²) in [5, 5.41) is 8.69. The number of amides is 1. The van der Waals surface area contributed by atoms with Crippen LogP contribution < -0.4 is 4.90 Å². The minimum Gasteiger partial charge on any atom is -0.337 e. The number of nitrogens with one attached hydrogen (secondary N) is 2. The summed E-state index contributed by atoms with van der Waals surface area (Å²) < 4.78 is 0. The van der Waals surface area contributed by atoms with Crippen LogP contribution in [0.1, 0.15) is 26.3 Å². The highest BCUT2D eigenvalue weighted by atomic mass is 16.2. The van der Waals surface area contributed by atoms with Crippen LogP contribution in [0.5, 0.6) is 0 Å². The van der Waals surface area contributed by atoms with Crippen LogP contribution in [0.2, 0.25) is 0 Å². The second-order valence-electron chi connectivity index (χ2n) is 8.71. The predicted molar refractivity (Wildman–Crippen MR) is 125 cm³/mol. The highest BCUT2D eigenvalue weighted by Gasteiger charge is 2.43. The molecule has 0 fully saturated rings. The van der Waals surface area contributed by atoms with Crippen molar-refractivity contribution in [3.63, 3.8) is 0 Å². The Bertz CT molecular complexity index is 1510. The Morgan fingerprint density at radius 3 is 2.59 bits per heavy atom. The zero-order valence-electron chi connectivity index (χ0n) is 18.1. The van der Waals surface area contributed by atoms with E-state index in [0.717, 1.165) is 50.0 Å². The molecule has 0 aliphatic carbocycles. The first-order valence-electron chi connectivity index (χ1n) is 10.7. The fraction of sp³-hybridized carbons (Fsp3) is 0.200. The van der Waals surface area contributed by atoms with Gasteiger partial charge in [0.25, 0.3) is 0 Å². The van der Waals surface area contributed by atoms with Crippen molar-refractivity contribution >= 4 is 33.5 Å². The molecule has 2 N–H and O–H groups in total. The number of rotatable bonds is 3. The molecule has 0 atom stereocenters. The molecule has 0 spiro atoms. The Morgan fingerprint density at radius 1 is 1.00 bits per heavy atom. The Hall–Kier alpha value is -4.00. The average Bonchev–Trinajstić information content (AvgIpc) is 3.46. The number of imidazole rings is 1. The van der Waals surface area contributed by atoms with Gasteiger partial charge in [-0.3, -0.25) is 14.9 Å². The van der Waals surface area contributed by atoms with Gasteiger partial charge in [0.05, 0.1) is 27.7 Å². The van der Waals surface area contributed by atoms with Crippen molar-refractivity contribution in [2.75, 3.05) is 11.4 Å². The molecule has 0 saturated heterocycles. The van der Waals surface area contributed by atoms with Crippen LogP contribution in [-0.4, -0.2) is 37.6 Å². The van der Waals surface area contributed by atoms with Crippen molar-refractivity contribution < 1.29 is 4.79 Å². The lowest BCUT2D eigenvalue weighted by atomic mass is 9.86. The fourth-order valence-corrected chi connectivity index (χ4v) is 4.68. The summed E-state index contributed by atoms with van der Waals surface area (Å²) in [6, 6.07) is 14.3. The zero-order valence-corrected chi connectivity index (χ0v) is 18.1. The molecular formula is C25H22N6O. The maximum atomic E-state index is 12.8. The van der Waals surface area contributed by atoms with Crippen LogP contribution in [0.3, 0.4) is 0 Å². The van der Waals surface area contributed by atoms with Crippen molar-refractivity contribution in [2.24, 2.45) is 0 Å². The zero-order chi connectivity index (χ0) is 22.0. The highest BCUT2D eigenvalue weighted by Crippen LogP contribution is 2.43. The second-order valence-corrected chi connectivity index (χ2v) is 8.71. The van der Waals surface area contributed by atoms with Crippen LogP contribution in [0, 0.1) is 0 Å². The molecule has 1 aliphatic heterocycles. The van der Waals surface area contributed by atoms with E-state index < -0.39 is 5.41 Å². The number of hydrogen-bond acceptors (Lipinski definition) is 4. The van der Waals surface area contributed by atoms with Crippen LogP contribution in [-0.2, 0) is 10.2 Å². The van der Waals surface area contributed by atoms with Crippen LogP contribution in [0.4, 0.5) is 5.69 Å². The molecule has 6 rings (SSSR count). The summed E-state index contributed by atoms with van der Waals surface area (Å²) in [5.41, 5.74) is 7.08. The molecule has 3 aromatic heterocycles. The second kappa shape index (κ2) is 6.50. The van der Waals surface area contributed by atoms with E-state index in [1.807, 2.05) is 49.9 Å². The molecule has 5 aromatic rings. The Balaban J connectivity index is 1.46. The number of benzene rings is 2. The lowest BCUT2D eigenvalue weighted by molar-refractivity contribution is -0.122. The lowest BCUT2D eigenvalue weighted by Crippen LogP contribution is -2.35. The monoisotopic (exact) mass is 422 g/mol. The van der Waals surface area contributed by atoms with Gasteiger partial charge in [0, 0.05) is 24.3 Å². The number of likely N-dealkylation sites (N-methyl/N-ethyl adjacent to an activating group) is 1. The molecule has 4 heterocycles. The van der Waals surface area contributed by atoms with E-state index in [9.17, 15) is 4.79 Å². The number of H-pyrrole nitrogens is 2. The SMILES string of the molecule is CCN1C(=O)C(C)(C)c2cc3nc(-c4n[nH]c5cc(-c6ccncc6)ccc45)[nH]c3cc21. The van der Waals surface area contributed by atoms with E-state index in [-0.39, 0.29) is 5.91 Å². The summed E-state index contributed by atoms with van der Waals surface area (Å²) in [7, 11) is 0. The number of nitrogens with zero attached hydrogens (tertiary/aromatic N) is 4. The molecule has 0 unspecified atom stereocenters. The van der Waals surface area contributed by atoms with Crippen LogP contribution in [0.15, 0.2) is 54.9 Å². The third kappa shape index (κ3) is 2.54. The molecule has 0 saturated carbocycles. The number of pyridine rings is 1. The molecule has 0 radical (unpaired) electrons. The Labute approximate surface area is 184 Å². The van der Waals surface area contributed by atoms with Crippen molar-refractivity contribution in [2.45, 2.75) is 26.2 Å². The van der Waals surface area contributed by atoms with Crippen LogP contribution >= 0.6 is 0 Å². The van der Waals surface area contributed by atoms with Gasteiger partial charge in [-0.1, -0.05) is 6.07 Å². The first-order valence-corrected chi connectivity index (χ1v) is 10.7. The number of anilines is 1. The van der Waals surface area contributed by atoms with Crippen LogP contribution in [0.25, 0.3) is 44.6 Å². The van der Waals surface area contributed by atoms with E-state index in [1.54, 1.807) is 12.4 Å². The first kappa shape index (κ1) is 18.7. The van der Waals surface area contributed by atoms with Gasteiger partial charge in [-0.25, -0.2) is 4.98 Å². The molecule has 1 amide bonds. The van der Waals surface area contributed by atoms with E-state index in [2.05, 4.69) is 38.4 Å². The summed E-state index contributed by atoms with van der Waals surface area (Å²) in [6.07, 6.45) is 3.58. The van der Waals surface area contributed by atoms with E-state index in [0.29, 0.717) is 12.4 Å². The number of carbonyl (C=O) groups is 1. The van der Waals surface area contributed by atoms with Crippen molar-refractivity contribution in [3.8, 4) is 22.6 Å². The predicted octanol–water partition coefficient (Wildman–Crippen LogP) is 4.81. The Morgan fingerprint density at radius 2 is 1.81 bits per heavy atom. The molecular weight excluding hydrogens is 400 g/mol. The smallest absolute Gasteiger partial charge is 0.237 e. The normalized spacial score (nSPS) is 15.1. The largest absolute Gasteiger partial charge is 0.337 e. The quantitative estimate of drug-likeness (QED) is 0.436. The van der Waals surface area contributed by atoms with Gasteiger partial charge in [-0.2, -0.15) is 5.10 Å². The van der Waals surface area contributed by atoms with Gasteiger partial charge in [-0.05, 0) is 73.9 Å². The van der Waals surface area contributed by atoms with Gasteiger partial charge in [0.1, 0.15) is 5.69 Å². The summed E-state index contributed by atoms with van der Waals surface area (Å²) in [4.78, 5) is 27.0. The van der Waals surface area contributed by atoms with E-state index in [4.69, 9.17) is 4.98 Å². The summed E-state index contributed by atoms with van der Waals surface area (Å²) in [5.74, 6) is 0.838. The highest BCUT2D eigenvalue weighted by molar-refractivity contribution is 6.09. The van der Waals surface area contributed by atoms with E-state index >= 15 is 0 Å². The standard InChI is InChI=1S/C25H22N6O/c1-4-31-21-13-20-19(12-17(21)25(2,3)24(31)32)27-23(28-20)22-16-6-5-15(11-18(16)29-30-22)14-7-9-26-10-8-14/h5-13H,4H2,1-3H3,(H,27,28)(H,29,30). The molecule has 32 heavy (non-hydrogen) atoms. The van der Waals surface area contributed by atoms with Crippen molar-refractivity contribution in [3.05, 3.63) is 60.4 Å².